The number of carbonyl (C=O) groups excluding carboxylic acids is 1. The molecule has 0 bridgehead atoms. The monoisotopic (exact) mass is 231 g/mol. The molecule has 1 N–H and O–H groups in total. The van der Waals surface area contributed by atoms with Crippen molar-refractivity contribution in [2.75, 3.05) is 5.32 Å². The van der Waals surface area contributed by atoms with E-state index in [4.69, 9.17) is 4.42 Å². The first kappa shape index (κ1) is 11.3. The highest BCUT2D eigenvalue weighted by atomic mass is 16.4. The van der Waals surface area contributed by atoms with Gasteiger partial charge in [0, 0.05) is 17.2 Å². The van der Waals surface area contributed by atoms with Crippen molar-refractivity contribution in [3.63, 3.8) is 0 Å². The molecule has 0 saturated carbocycles. The molecule has 88 valence electrons. The molecule has 0 aliphatic heterocycles. The van der Waals surface area contributed by atoms with Crippen LogP contribution in [0.5, 0.6) is 0 Å². The van der Waals surface area contributed by atoms with Gasteiger partial charge in [-0.1, -0.05) is 19.9 Å². The molecule has 1 aromatic heterocycles. The van der Waals surface area contributed by atoms with Gasteiger partial charge in [-0.05, 0) is 18.2 Å². The number of carbonyl (C=O) groups is 1. The normalized spacial score (nSPS) is 10.5. The third kappa shape index (κ3) is 2.69. The number of hydrogen-bond acceptors (Lipinski definition) is 4. The van der Waals surface area contributed by atoms with Gasteiger partial charge in [-0.25, -0.2) is 0 Å². The van der Waals surface area contributed by atoms with E-state index in [1.807, 2.05) is 32.0 Å². The lowest BCUT2D eigenvalue weighted by atomic mass is 10.1. The lowest BCUT2D eigenvalue weighted by Crippen LogP contribution is -2.17. The lowest BCUT2D eigenvalue weighted by molar-refractivity contribution is -0.118. The van der Waals surface area contributed by atoms with Crippen molar-refractivity contribution >= 4 is 11.6 Å². The van der Waals surface area contributed by atoms with Crippen molar-refractivity contribution in [2.24, 2.45) is 5.92 Å². The molecule has 2 aromatic rings. The van der Waals surface area contributed by atoms with Crippen LogP contribution in [0.4, 0.5) is 5.69 Å². The van der Waals surface area contributed by atoms with Crippen molar-refractivity contribution < 1.29 is 9.21 Å². The molecule has 5 nitrogen and oxygen atoms in total. The number of aromatic nitrogens is 2. The van der Waals surface area contributed by atoms with Crippen molar-refractivity contribution in [2.45, 2.75) is 13.8 Å². The molecule has 0 unspecified atom stereocenters. The first-order valence-electron chi connectivity index (χ1n) is 5.34. The fourth-order valence-electron chi connectivity index (χ4n) is 1.32. The Labute approximate surface area is 98.9 Å². The SMILES string of the molecule is CC(C)C(=O)Nc1cccc(-c2nnco2)c1. The first-order valence-corrected chi connectivity index (χ1v) is 5.34. The van der Waals surface area contributed by atoms with Gasteiger partial charge in [0.2, 0.25) is 18.2 Å². The second-order valence-electron chi connectivity index (χ2n) is 3.97. The van der Waals surface area contributed by atoms with Crippen LogP contribution in [0.3, 0.4) is 0 Å². The number of hydrogen-bond donors (Lipinski definition) is 1. The van der Waals surface area contributed by atoms with Gasteiger partial charge < -0.3 is 9.73 Å². The van der Waals surface area contributed by atoms with Crippen molar-refractivity contribution in [1.82, 2.24) is 10.2 Å². The zero-order valence-electron chi connectivity index (χ0n) is 9.68. The van der Waals surface area contributed by atoms with Gasteiger partial charge >= 0.3 is 0 Å². The molecule has 0 radical (unpaired) electrons. The Hall–Kier alpha value is -2.17. The van der Waals surface area contributed by atoms with E-state index in [9.17, 15) is 4.79 Å². The standard InChI is InChI=1S/C12H13N3O2/c1-8(2)11(16)14-10-5-3-4-9(6-10)12-15-13-7-17-12/h3-8H,1-2H3,(H,14,16). The minimum Gasteiger partial charge on any atom is -0.423 e. The molecule has 1 aromatic carbocycles. The average molecular weight is 231 g/mol. The van der Waals surface area contributed by atoms with Gasteiger partial charge in [0.05, 0.1) is 0 Å². The van der Waals surface area contributed by atoms with E-state index in [0.717, 1.165) is 11.3 Å². The average Bonchev–Trinajstić information content (AvgIpc) is 2.82. The summed E-state index contributed by atoms with van der Waals surface area (Å²) in [7, 11) is 0. The van der Waals surface area contributed by atoms with Gasteiger partial charge in [-0.15, -0.1) is 10.2 Å². The molecular weight excluding hydrogens is 218 g/mol. The highest BCUT2D eigenvalue weighted by molar-refractivity contribution is 5.92. The lowest BCUT2D eigenvalue weighted by Gasteiger charge is -2.07. The molecule has 0 saturated heterocycles. The largest absolute Gasteiger partial charge is 0.423 e. The Balaban J connectivity index is 2.20. The van der Waals surface area contributed by atoms with Crippen LogP contribution in [0.15, 0.2) is 35.1 Å². The Morgan fingerprint density at radius 1 is 1.41 bits per heavy atom. The predicted molar refractivity (Wildman–Crippen MR) is 63.2 cm³/mol. The van der Waals surface area contributed by atoms with Crippen LogP contribution in [0, 0.1) is 5.92 Å². The molecule has 2 rings (SSSR count). The predicted octanol–water partition coefficient (Wildman–Crippen LogP) is 2.33. The molecule has 0 fully saturated rings. The fraction of sp³-hybridized carbons (Fsp3) is 0.250. The Kier molecular flexibility index (Phi) is 3.18. The molecule has 17 heavy (non-hydrogen) atoms. The van der Waals surface area contributed by atoms with E-state index < -0.39 is 0 Å². The topological polar surface area (TPSA) is 68.0 Å². The Bertz CT molecular complexity index is 506. The molecular formula is C12H13N3O2. The van der Waals surface area contributed by atoms with Crippen molar-refractivity contribution in [3.8, 4) is 11.5 Å². The van der Waals surface area contributed by atoms with E-state index in [1.54, 1.807) is 6.07 Å². The number of nitrogens with one attached hydrogen (secondary N) is 1. The van der Waals surface area contributed by atoms with Gasteiger partial charge in [0.15, 0.2) is 0 Å². The summed E-state index contributed by atoms with van der Waals surface area (Å²) in [5, 5.41) is 10.2. The van der Waals surface area contributed by atoms with Gasteiger partial charge in [-0.3, -0.25) is 4.79 Å². The van der Waals surface area contributed by atoms with Crippen LogP contribution >= 0.6 is 0 Å². The maximum absolute atomic E-state index is 11.5. The highest BCUT2D eigenvalue weighted by Crippen LogP contribution is 2.20. The van der Waals surface area contributed by atoms with E-state index in [-0.39, 0.29) is 11.8 Å². The zero-order chi connectivity index (χ0) is 12.3. The van der Waals surface area contributed by atoms with Crippen LogP contribution in [-0.2, 0) is 4.79 Å². The quantitative estimate of drug-likeness (QED) is 0.880. The molecule has 0 aliphatic carbocycles. The Morgan fingerprint density at radius 2 is 2.24 bits per heavy atom. The summed E-state index contributed by atoms with van der Waals surface area (Å²) in [6.45, 7) is 3.69. The minimum atomic E-state index is -0.0536. The third-order valence-corrected chi connectivity index (χ3v) is 2.26. The number of anilines is 1. The Morgan fingerprint density at radius 3 is 2.88 bits per heavy atom. The van der Waals surface area contributed by atoms with E-state index in [0.29, 0.717) is 5.89 Å². The number of benzene rings is 1. The number of nitrogens with zero attached hydrogens (tertiary/aromatic N) is 2. The highest BCUT2D eigenvalue weighted by Gasteiger charge is 2.09. The third-order valence-electron chi connectivity index (χ3n) is 2.26. The molecule has 0 aliphatic rings. The first-order chi connectivity index (χ1) is 8.16. The number of rotatable bonds is 3. The zero-order valence-corrected chi connectivity index (χ0v) is 9.68. The maximum Gasteiger partial charge on any atom is 0.247 e. The molecule has 0 spiro atoms. The van der Waals surface area contributed by atoms with Crippen LogP contribution < -0.4 is 5.32 Å². The summed E-state index contributed by atoms with van der Waals surface area (Å²) in [6, 6.07) is 7.29. The van der Waals surface area contributed by atoms with E-state index >= 15 is 0 Å². The van der Waals surface area contributed by atoms with Gasteiger partial charge in [-0.2, -0.15) is 0 Å². The second-order valence-corrected chi connectivity index (χ2v) is 3.97. The van der Waals surface area contributed by atoms with Crippen LogP contribution in [0.2, 0.25) is 0 Å². The fourth-order valence-corrected chi connectivity index (χ4v) is 1.32. The summed E-state index contributed by atoms with van der Waals surface area (Å²) >= 11 is 0. The van der Waals surface area contributed by atoms with Crippen LogP contribution in [0.1, 0.15) is 13.8 Å². The van der Waals surface area contributed by atoms with E-state index in [1.165, 1.54) is 6.39 Å². The van der Waals surface area contributed by atoms with Crippen LogP contribution in [-0.4, -0.2) is 16.1 Å². The molecule has 1 amide bonds. The number of amides is 1. The second kappa shape index (κ2) is 4.78. The molecule has 1 heterocycles. The smallest absolute Gasteiger partial charge is 0.247 e. The summed E-state index contributed by atoms with van der Waals surface area (Å²) in [5.74, 6) is 0.361. The van der Waals surface area contributed by atoms with Crippen LogP contribution in [0.25, 0.3) is 11.5 Å². The van der Waals surface area contributed by atoms with E-state index in [2.05, 4.69) is 15.5 Å². The molecule has 5 heteroatoms. The van der Waals surface area contributed by atoms with Crippen molar-refractivity contribution in [1.29, 1.82) is 0 Å². The summed E-state index contributed by atoms with van der Waals surface area (Å²) in [5.41, 5.74) is 1.50. The van der Waals surface area contributed by atoms with Crippen molar-refractivity contribution in [3.05, 3.63) is 30.7 Å². The molecule has 0 atom stereocenters. The maximum atomic E-state index is 11.5. The minimum absolute atomic E-state index is 0.0207. The van der Waals surface area contributed by atoms with Gasteiger partial charge in [0.25, 0.3) is 0 Å². The summed E-state index contributed by atoms with van der Waals surface area (Å²) in [4.78, 5) is 11.5. The summed E-state index contributed by atoms with van der Waals surface area (Å²) in [6.07, 6.45) is 1.27. The van der Waals surface area contributed by atoms with Gasteiger partial charge in [0.1, 0.15) is 0 Å². The summed E-state index contributed by atoms with van der Waals surface area (Å²) < 4.78 is 5.09.